The van der Waals surface area contributed by atoms with Gasteiger partial charge in [-0.1, -0.05) is 23.8 Å². The van der Waals surface area contributed by atoms with Crippen molar-refractivity contribution in [2.45, 2.75) is 11.1 Å². The first-order chi connectivity index (χ1) is 12.2. The van der Waals surface area contributed by atoms with E-state index < -0.39 is 0 Å². The number of hydrogen-bond donors (Lipinski definition) is 0. The Hall–Kier alpha value is -2.11. The molecular formula is C19H19ClN2O2S. The van der Waals surface area contributed by atoms with Gasteiger partial charge in [0.15, 0.2) is 0 Å². The average Bonchev–Trinajstić information content (AvgIpc) is 2.67. The highest BCUT2D eigenvalue weighted by atomic mass is 35.5. The number of hydrogen-bond acceptors (Lipinski definition) is 5. The van der Waals surface area contributed by atoms with Crippen molar-refractivity contribution in [3.05, 3.63) is 71.7 Å². The summed E-state index contributed by atoms with van der Waals surface area (Å²) in [6.07, 6.45) is 11.9. The lowest BCUT2D eigenvalue weighted by molar-refractivity contribution is 0.395. The number of rotatable bonds is 6. The molecule has 1 aromatic heterocycles. The normalized spacial score (nSPS) is 16.1. The summed E-state index contributed by atoms with van der Waals surface area (Å²) >= 11 is 8.15. The molecule has 2 heterocycles. The Morgan fingerprint density at radius 3 is 2.60 bits per heavy atom. The molecule has 25 heavy (non-hydrogen) atoms. The van der Waals surface area contributed by atoms with Crippen LogP contribution in [0.3, 0.4) is 0 Å². The predicted octanol–water partition coefficient (Wildman–Crippen LogP) is 4.90. The van der Waals surface area contributed by atoms with E-state index in [0.29, 0.717) is 10.8 Å². The van der Waals surface area contributed by atoms with Gasteiger partial charge < -0.3 is 14.4 Å². The average molecular weight is 375 g/mol. The minimum absolute atomic E-state index is 0.136. The first-order valence-electron chi connectivity index (χ1n) is 7.78. The fourth-order valence-electron chi connectivity index (χ4n) is 2.54. The maximum absolute atomic E-state index is 6.34. The van der Waals surface area contributed by atoms with E-state index >= 15 is 0 Å². The van der Waals surface area contributed by atoms with E-state index in [1.165, 1.54) is 5.56 Å². The van der Waals surface area contributed by atoms with Gasteiger partial charge in [-0.3, -0.25) is 4.98 Å². The summed E-state index contributed by atoms with van der Waals surface area (Å²) in [5.74, 6) is 2.20. The topological polar surface area (TPSA) is 34.6 Å². The summed E-state index contributed by atoms with van der Waals surface area (Å²) in [6.45, 7) is 0. The zero-order chi connectivity index (χ0) is 17.6. The lowest BCUT2D eigenvalue weighted by Gasteiger charge is -2.31. The standard InChI is InChI=1S/C19H19ClN2O2S/c1-23-17-12-18(24-2)16(11-15(17)20)22-10-4-3-5-19(22)25-13-14-6-8-21-9-7-14/h3-12,19H,13H2,1-2H3. The lowest BCUT2D eigenvalue weighted by Crippen LogP contribution is -2.28. The molecule has 3 rings (SSSR count). The second kappa shape index (κ2) is 8.32. The van der Waals surface area contributed by atoms with Crippen LogP contribution in [0.5, 0.6) is 11.5 Å². The van der Waals surface area contributed by atoms with Gasteiger partial charge in [-0.05, 0) is 29.8 Å². The van der Waals surface area contributed by atoms with Gasteiger partial charge in [0.2, 0.25) is 0 Å². The third kappa shape index (κ3) is 4.11. The van der Waals surface area contributed by atoms with Crippen LogP contribution in [-0.4, -0.2) is 24.6 Å². The van der Waals surface area contributed by atoms with E-state index in [-0.39, 0.29) is 5.37 Å². The summed E-state index contributed by atoms with van der Waals surface area (Å²) in [6, 6.07) is 7.76. The Morgan fingerprint density at radius 1 is 1.12 bits per heavy atom. The number of anilines is 1. The maximum atomic E-state index is 6.34. The minimum Gasteiger partial charge on any atom is -0.495 e. The number of halogens is 1. The molecule has 0 N–H and O–H groups in total. The van der Waals surface area contributed by atoms with Gasteiger partial charge >= 0.3 is 0 Å². The molecule has 1 aliphatic heterocycles. The molecule has 0 radical (unpaired) electrons. The second-order valence-corrected chi connectivity index (χ2v) is 6.86. The zero-order valence-electron chi connectivity index (χ0n) is 14.1. The van der Waals surface area contributed by atoms with Gasteiger partial charge in [0.1, 0.15) is 11.5 Å². The Balaban J connectivity index is 1.85. The van der Waals surface area contributed by atoms with Crippen molar-refractivity contribution in [2.24, 2.45) is 0 Å². The van der Waals surface area contributed by atoms with E-state index in [0.717, 1.165) is 17.2 Å². The SMILES string of the molecule is COc1cc(OC)c(N2C=CC=CC2SCc2ccncc2)cc1Cl. The number of aromatic nitrogens is 1. The van der Waals surface area contributed by atoms with Crippen LogP contribution in [0.2, 0.25) is 5.02 Å². The van der Waals surface area contributed by atoms with E-state index in [1.54, 1.807) is 14.2 Å². The van der Waals surface area contributed by atoms with Gasteiger partial charge in [0, 0.05) is 30.4 Å². The molecule has 1 aromatic carbocycles. The molecule has 2 aromatic rings. The molecule has 0 saturated heterocycles. The second-order valence-electron chi connectivity index (χ2n) is 5.35. The zero-order valence-corrected chi connectivity index (χ0v) is 15.6. The Kier molecular flexibility index (Phi) is 5.89. The quantitative estimate of drug-likeness (QED) is 0.718. The summed E-state index contributed by atoms with van der Waals surface area (Å²) in [5.41, 5.74) is 2.14. The Morgan fingerprint density at radius 2 is 1.88 bits per heavy atom. The third-order valence-electron chi connectivity index (χ3n) is 3.81. The number of ether oxygens (including phenoxy) is 2. The van der Waals surface area contributed by atoms with Crippen molar-refractivity contribution in [1.29, 1.82) is 0 Å². The van der Waals surface area contributed by atoms with Crippen LogP contribution < -0.4 is 14.4 Å². The fourth-order valence-corrected chi connectivity index (χ4v) is 3.88. The molecule has 0 spiro atoms. The van der Waals surface area contributed by atoms with Gasteiger partial charge in [-0.15, -0.1) is 11.8 Å². The van der Waals surface area contributed by atoms with Crippen LogP contribution in [0.4, 0.5) is 5.69 Å². The number of thioether (sulfide) groups is 1. The molecule has 0 amide bonds. The van der Waals surface area contributed by atoms with Crippen LogP contribution in [0.15, 0.2) is 61.1 Å². The lowest BCUT2D eigenvalue weighted by atomic mass is 10.2. The van der Waals surface area contributed by atoms with Crippen molar-refractivity contribution in [1.82, 2.24) is 4.98 Å². The highest BCUT2D eigenvalue weighted by molar-refractivity contribution is 7.99. The molecule has 130 valence electrons. The predicted molar refractivity (Wildman–Crippen MR) is 105 cm³/mol. The van der Waals surface area contributed by atoms with Crippen molar-refractivity contribution in [2.75, 3.05) is 19.1 Å². The molecule has 6 heteroatoms. The van der Waals surface area contributed by atoms with E-state index in [2.05, 4.69) is 22.0 Å². The highest BCUT2D eigenvalue weighted by Crippen LogP contribution is 2.41. The summed E-state index contributed by atoms with van der Waals surface area (Å²) in [5, 5.41) is 0.690. The third-order valence-corrected chi connectivity index (χ3v) is 5.33. The number of benzene rings is 1. The summed E-state index contributed by atoms with van der Waals surface area (Å²) < 4.78 is 10.8. The van der Waals surface area contributed by atoms with E-state index in [4.69, 9.17) is 21.1 Å². The summed E-state index contributed by atoms with van der Waals surface area (Å²) in [4.78, 5) is 6.21. The minimum atomic E-state index is 0.136. The van der Waals surface area contributed by atoms with Crippen molar-refractivity contribution >= 4 is 29.1 Å². The van der Waals surface area contributed by atoms with Gasteiger partial charge in [0.25, 0.3) is 0 Å². The van der Waals surface area contributed by atoms with Crippen LogP contribution in [0.1, 0.15) is 5.56 Å². The number of nitrogens with zero attached hydrogens (tertiary/aromatic N) is 2. The van der Waals surface area contributed by atoms with E-state index in [1.807, 2.05) is 60.7 Å². The molecule has 0 bridgehead atoms. The number of allylic oxidation sites excluding steroid dienone is 2. The highest BCUT2D eigenvalue weighted by Gasteiger charge is 2.22. The van der Waals surface area contributed by atoms with Crippen LogP contribution >= 0.6 is 23.4 Å². The van der Waals surface area contributed by atoms with Crippen LogP contribution in [0, 0.1) is 0 Å². The fraction of sp³-hybridized carbons (Fsp3) is 0.211. The van der Waals surface area contributed by atoms with Gasteiger partial charge in [-0.25, -0.2) is 0 Å². The van der Waals surface area contributed by atoms with Crippen LogP contribution in [0.25, 0.3) is 0 Å². The molecule has 1 aliphatic rings. The largest absolute Gasteiger partial charge is 0.495 e. The van der Waals surface area contributed by atoms with Gasteiger partial charge in [0.05, 0.1) is 30.3 Å². The number of pyridine rings is 1. The van der Waals surface area contributed by atoms with Crippen molar-refractivity contribution in [3.8, 4) is 11.5 Å². The molecule has 1 unspecified atom stereocenters. The molecule has 0 saturated carbocycles. The molecule has 0 aliphatic carbocycles. The van der Waals surface area contributed by atoms with Crippen molar-refractivity contribution in [3.63, 3.8) is 0 Å². The monoisotopic (exact) mass is 374 g/mol. The molecule has 0 fully saturated rings. The van der Waals surface area contributed by atoms with E-state index in [9.17, 15) is 0 Å². The molecular weight excluding hydrogens is 356 g/mol. The molecule has 1 atom stereocenters. The number of methoxy groups -OCH3 is 2. The first-order valence-corrected chi connectivity index (χ1v) is 9.21. The Bertz CT molecular complexity index is 780. The smallest absolute Gasteiger partial charge is 0.146 e. The van der Waals surface area contributed by atoms with Crippen molar-refractivity contribution < 1.29 is 9.47 Å². The maximum Gasteiger partial charge on any atom is 0.146 e. The summed E-state index contributed by atoms with van der Waals surface area (Å²) in [7, 11) is 3.24. The van der Waals surface area contributed by atoms with Crippen LogP contribution in [-0.2, 0) is 5.75 Å². The van der Waals surface area contributed by atoms with Gasteiger partial charge in [-0.2, -0.15) is 0 Å². The Labute approximate surface area is 157 Å². The first kappa shape index (κ1) is 17.7. The molecule has 4 nitrogen and oxygen atoms in total.